The van der Waals surface area contributed by atoms with E-state index in [9.17, 15) is 13.5 Å². The minimum absolute atomic E-state index is 0.0311. The molecule has 2 unspecified atom stereocenters. The minimum Gasteiger partial charge on any atom is -0.393 e. The molecule has 0 radical (unpaired) electrons. The van der Waals surface area contributed by atoms with E-state index in [0.29, 0.717) is 11.4 Å². The van der Waals surface area contributed by atoms with E-state index in [4.69, 9.17) is 16.9 Å². The van der Waals surface area contributed by atoms with Crippen LogP contribution in [0.4, 0.5) is 0 Å². The third-order valence-corrected chi connectivity index (χ3v) is 6.23. The molecule has 1 aliphatic rings. The SMILES string of the molecule is CN(CC1CCCCC1O)S(=O)(=O)c1ccc(Cl)cc1C#N. The number of hydrogen-bond acceptors (Lipinski definition) is 4. The number of aliphatic hydroxyl groups is 1. The van der Waals surface area contributed by atoms with Gasteiger partial charge < -0.3 is 5.11 Å². The van der Waals surface area contributed by atoms with Crippen molar-refractivity contribution in [2.75, 3.05) is 13.6 Å². The van der Waals surface area contributed by atoms with Gasteiger partial charge in [-0.3, -0.25) is 0 Å². The molecule has 1 aromatic carbocycles. The van der Waals surface area contributed by atoms with Gasteiger partial charge in [0.1, 0.15) is 11.0 Å². The summed E-state index contributed by atoms with van der Waals surface area (Å²) in [6, 6.07) is 6.02. The highest BCUT2D eigenvalue weighted by atomic mass is 35.5. The predicted octanol–water partition coefficient (Wildman–Crippen LogP) is 2.38. The number of nitriles is 1. The second-order valence-electron chi connectivity index (χ2n) is 5.65. The van der Waals surface area contributed by atoms with Gasteiger partial charge in [-0.15, -0.1) is 0 Å². The predicted molar refractivity (Wildman–Crippen MR) is 83.9 cm³/mol. The second-order valence-corrected chi connectivity index (χ2v) is 8.10. The van der Waals surface area contributed by atoms with Crippen molar-refractivity contribution >= 4 is 21.6 Å². The Kier molecular flexibility index (Phi) is 5.45. The largest absolute Gasteiger partial charge is 0.393 e. The molecule has 0 aliphatic heterocycles. The molecular formula is C15H19ClN2O3S. The lowest BCUT2D eigenvalue weighted by Gasteiger charge is -2.30. The summed E-state index contributed by atoms with van der Waals surface area (Å²) < 4.78 is 26.5. The van der Waals surface area contributed by atoms with Gasteiger partial charge in [0.2, 0.25) is 10.0 Å². The quantitative estimate of drug-likeness (QED) is 0.910. The number of sulfonamides is 1. The Morgan fingerprint density at radius 2 is 2.09 bits per heavy atom. The van der Waals surface area contributed by atoms with E-state index < -0.39 is 16.1 Å². The molecule has 0 spiro atoms. The second kappa shape index (κ2) is 6.97. The van der Waals surface area contributed by atoms with Gasteiger partial charge in [-0.05, 0) is 37.0 Å². The first kappa shape index (κ1) is 17.2. The summed E-state index contributed by atoms with van der Waals surface area (Å²) >= 11 is 5.81. The van der Waals surface area contributed by atoms with Crippen LogP contribution >= 0.6 is 11.6 Å². The smallest absolute Gasteiger partial charge is 0.244 e. The molecule has 7 heteroatoms. The van der Waals surface area contributed by atoms with Crippen molar-refractivity contribution in [3.63, 3.8) is 0 Å². The highest BCUT2D eigenvalue weighted by Crippen LogP contribution is 2.28. The Hall–Kier alpha value is -1.13. The molecule has 2 atom stereocenters. The molecule has 1 aliphatic carbocycles. The number of benzene rings is 1. The Morgan fingerprint density at radius 3 is 2.73 bits per heavy atom. The molecule has 1 aromatic rings. The van der Waals surface area contributed by atoms with Gasteiger partial charge >= 0.3 is 0 Å². The van der Waals surface area contributed by atoms with Crippen molar-refractivity contribution in [3.8, 4) is 6.07 Å². The van der Waals surface area contributed by atoms with Crippen LogP contribution in [0.2, 0.25) is 5.02 Å². The standard InChI is InChI=1S/C15H19ClN2O3S/c1-18(10-11-4-2-3-5-14(11)19)22(20,21)15-7-6-13(16)8-12(15)9-17/h6-8,11,14,19H,2-5,10H2,1H3. The lowest BCUT2D eigenvalue weighted by atomic mass is 9.86. The molecule has 0 saturated heterocycles. The van der Waals surface area contributed by atoms with Crippen LogP contribution in [-0.4, -0.2) is 37.5 Å². The molecule has 0 aromatic heterocycles. The molecule has 0 amide bonds. The van der Waals surface area contributed by atoms with E-state index >= 15 is 0 Å². The highest BCUT2D eigenvalue weighted by Gasteiger charge is 2.30. The van der Waals surface area contributed by atoms with Crippen molar-refractivity contribution < 1.29 is 13.5 Å². The summed E-state index contributed by atoms with van der Waals surface area (Å²) in [5, 5.41) is 19.4. The monoisotopic (exact) mass is 342 g/mol. The van der Waals surface area contributed by atoms with Gasteiger partial charge in [-0.2, -0.15) is 5.26 Å². The summed E-state index contributed by atoms with van der Waals surface area (Å²) in [5.41, 5.74) is 0.0311. The molecule has 22 heavy (non-hydrogen) atoms. The van der Waals surface area contributed by atoms with Gasteiger partial charge in [0.05, 0.1) is 11.7 Å². The zero-order valence-electron chi connectivity index (χ0n) is 12.4. The molecule has 2 rings (SSSR count). The fourth-order valence-electron chi connectivity index (χ4n) is 2.81. The van der Waals surface area contributed by atoms with E-state index in [2.05, 4.69) is 0 Å². The van der Waals surface area contributed by atoms with Crippen LogP contribution in [-0.2, 0) is 10.0 Å². The van der Waals surface area contributed by atoms with Crippen molar-refractivity contribution in [2.24, 2.45) is 5.92 Å². The van der Waals surface area contributed by atoms with E-state index in [1.165, 1.54) is 29.6 Å². The Bertz CT molecular complexity index is 685. The summed E-state index contributed by atoms with van der Waals surface area (Å²) in [6.45, 7) is 0.247. The topological polar surface area (TPSA) is 81.4 Å². The number of nitrogens with zero attached hydrogens (tertiary/aromatic N) is 2. The van der Waals surface area contributed by atoms with Crippen molar-refractivity contribution in [1.29, 1.82) is 5.26 Å². The van der Waals surface area contributed by atoms with Crippen molar-refractivity contribution in [3.05, 3.63) is 28.8 Å². The summed E-state index contributed by atoms with van der Waals surface area (Å²) in [4.78, 5) is -0.0489. The molecule has 5 nitrogen and oxygen atoms in total. The third kappa shape index (κ3) is 3.61. The summed E-state index contributed by atoms with van der Waals surface area (Å²) in [5.74, 6) is -0.0636. The van der Waals surface area contributed by atoms with Crippen LogP contribution in [0.3, 0.4) is 0 Å². The zero-order valence-corrected chi connectivity index (χ0v) is 13.9. The van der Waals surface area contributed by atoms with Crippen LogP contribution < -0.4 is 0 Å². The first-order chi connectivity index (χ1) is 10.4. The van der Waals surface area contributed by atoms with E-state index in [1.54, 1.807) is 0 Å². The van der Waals surface area contributed by atoms with Crippen LogP contribution in [0.25, 0.3) is 0 Å². The lowest BCUT2D eigenvalue weighted by Crippen LogP contribution is -2.38. The molecule has 1 fully saturated rings. The van der Waals surface area contributed by atoms with Gasteiger partial charge in [-0.1, -0.05) is 24.4 Å². The van der Waals surface area contributed by atoms with E-state index in [1.807, 2.05) is 6.07 Å². The maximum absolute atomic E-state index is 12.7. The first-order valence-corrected chi connectivity index (χ1v) is 9.02. The van der Waals surface area contributed by atoms with Gasteiger partial charge in [-0.25, -0.2) is 12.7 Å². The molecular weight excluding hydrogens is 324 g/mol. The molecule has 120 valence electrons. The first-order valence-electron chi connectivity index (χ1n) is 7.20. The molecule has 1 saturated carbocycles. The van der Waals surface area contributed by atoms with Crippen molar-refractivity contribution in [2.45, 2.75) is 36.7 Å². The minimum atomic E-state index is -3.78. The fourth-order valence-corrected chi connectivity index (χ4v) is 4.33. The molecule has 1 N–H and O–H groups in total. The van der Waals surface area contributed by atoms with Crippen LogP contribution in [0, 0.1) is 17.2 Å². The van der Waals surface area contributed by atoms with Crippen LogP contribution in [0.5, 0.6) is 0 Å². The number of halogens is 1. The zero-order chi connectivity index (χ0) is 16.3. The summed E-state index contributed by atoms with van der Waals surface area (Å²) in [7, 11) is -2.30. The van der Waals surface area contributed by atoms with Gasteiger partial charge in [0.15, 0.2) is 0 Å². The fraction of sp³-hybridized carbons (Fsp3) is 0.533. The number of hydrogen-bond donors (Lipinski definition) is 1. The number of aliphatic hydroxyl groups excluding tert-OH is 1. The maximum atomic E-state index is 12.7. The molecule has 0 bridgehead atoms. The average molecular weight is 343 g/mol. The van der Waals surface area contributed by atoms with Crippen molar-refractivity contribution in [1.82, 2.24) is 4.31 Å². The maximum Gasteiger partial charge on any atom is 0.244 e. The Labute approximate surface area is 136 Å². The summed E-state index contributed by atoms with van der Waals surface area (Å²) in [6.07, 6.45) is 3.03. The number of rotatable bonds is 4. The lowest BCUT2D eigenvalue weighted by molar-refractivity contribution is 0.0620. The third-order valence-electron chi connectivity index (χ3n) is 4.11. The Morgan fingerprint density at radius 1 is 1.41 bits per heavy atom. The highest BCUT2D eigenvalue weighted by molar-refractivity contribution is 7.89. The van der Waals surface area contributed by atoms with Crippen LogP contribution in [0.15, 0.2) is 23.1 Å². The van der Waals surface area contributed by atoms with E-state index in [0.717, 1.165) is 19.3 Å². The van der Waals surface area contributed by atoms with E-state index in [-0.39, 0.29) is 22.9 Å². The van der Waals surface area contributed by atoms with Gasteiger partial charge in [0, 0.05) is 18.6 Å². The van der Waals surface area contributed by atoms with Crippen LogP contribution in [0.1, 0.15) is 31.2 Å². The molecule has 0 heterocycles. The average Bonchev–Trinajstić information content (AvgIpc) is 2.49. The normalized spacial score (nSPS) is 22.5. The Balaban J connectivity index is 2.24. The van der Waals surface area contributed by atoms with Gasteiger partial charge in [0.25, 0.3) is 0 Å².